The first-order chi connectivity index (χ1) is 5.86. The largest absolute Gasteiger partial charge is 0.320 e. The summed E-state index contributed by atoms with van der Waals surface area (Å²) in [5.41, 5.74) is 3.47. The third kappa shape index (κ3) is 1.83. The molecule has 0 amide bonds. The molecule has 0 atom stereocenters. The Balaban J connectivity index is 3.08. The zero-order chi connectivity index (χ0) is 10.1. The molecule has 0 aromatic carbocycles. The van der Waals surface area contributed by atoms with E-state index in [1.54, 1.807) is 6.07 Å². The fraction of sp³-hybridized carbons (Fsp3) is 0.444. The summed E-state index contributed by atoms with van der Waals surface area (Å²) in [5, 5.41) is 0. The standard InChI is InChI=1S/C9H12F2N2/c1-8(2,12)9(10,11)7-5-3-4-6-13-7/h3-6H,12H2,1-2H3. The molecule has 0 saturated heterocycles. The topological polar surface area (TPSA) is 38.9 Å². The van der Waals surface area contributed by atoms with Crippen LogP contribution >= 0.6 is 0 Å². The zero-order valence-electron chi connectivity index (χ0n) is 7.59. The Morgan fingerprint density at radius 1 is 1.31 bits per heavy atom. The Kier molecular flexibility index (Phi) is 2.34. The molecule has 1 aromatic rings. The molecular formula is C9H12F2N2. The van der Waals surface area contributed by atoms with Gasteiger partial charge >= 0.3 is 5.92 Å². The minimum atomic E-state index is -3.10. The van der Waals surface area contributed by atoms with Crippen molar-refractivity contribution < 1.29 is 8.78 Å². The highest BCUT2D eigenvalue weighted by Crippen LogP contribution is 2.35. The lowest BCUT2D eigenvalue weighted by molar-refractivity contribution is -0.0711. The van der Waals surface area contributed by atoms with E-state index in [0.717, 1.165) is 0 Å². The number of halogens is 2. The van der Waals surface area contributed by atoms with Gasteiger partial charge in [0.25, 0.3) is 0 Å². The van der Waals surface area contributed by atoms with Crippen LogP contribution in [0, 0.1) is 0 Å². The molecule has 0 aliphatic carbocycles. The average molecular weight is 186 g/mol. The number of aromatic nitrogens is 1. The third-order valence-corrected chi connectivity index (χ3v) is 1.80. The molecule has 0 saturated carbocycles. The van der Waals surface area contributed by atoms with Crippen LogP contribution in [0.25, 0.3) is 0 Å². The van der Waals surface area contributed by atoms with Crippen LogP contribution in [0.4, 0.5) is 8.78 Å². The predicted molar refractivity (Wildman–Crippen MR) is 46.4 cm³/mol. The SMILES string of the molecule is CC(C)(N)C(F)(F)c1ccccn1. The second-order valence-electron chi connectivity index (χ2n) is 3.51. The van der Waals surface area contributed by atoms with Crippen molar-refractivity contribution in [2.24, 2.45) is 5.73 Å². The van der Waals surface area contributed by atoms with Crippen molar-refractivity contribution in [2.45, 2.75) is 25.3 Å². The van der Waals surface area contributed by atoms with Crippen LogP contribution in [0.5, 0.6) is 0 Å². The number of alkyl halides is 2. The van der Waals surface area contributed by atoms with E-state index < -0.39 is 11.5 Å². The Morgan fingerprint density at radius 2 is 1.92 bits per heavy atom. The van der Waals surface area contributed by atoms with Crippen molar-refractivity contribution in [3.63, 3.8) is 0 Å². The van der Waals surface area contributed by atoms with Crippen LogP contribution in [0.2, 0.25) is 0 Å². The van der Waals surface area contributed by atoms with E-state index >= 15 is 0 Å². The van der Waals surface area contributed by atoms with E-state index in [1.807, 2.05) is 0 Å². The lowest BCUT2D eigenvalue weighted by Crippen LogP contribution is -2.48. The maximum Gasteiger partial charge on any atom is 0.306 e. The van der Waals surface area contributed by atoms with Crippen molar-refractivity contribution in [1.82, 2.24) is 4.98 Å². The summed E-state index contributed by atoms with van der Waals surface area (Å²) in [7, 11) is 0. The molecule has 0 bridgehead atoms. The van der Waals surface area contributed by atoms with Gasteiger partial charge in [0.2, 0.25) is 0 Å². The highest BCUT2D eigenvalue weighted by Gasteiger charge is 2.46. The normalized spacial score (nSPS) is 13.0. The number of nitrogens with zero attached hydrogens (tertiary/aromatic N) is 1. The van der Waals surface area contributed by atoms with Gasteiger partial charge in [-0.15, -0.1) is 0 Å². The molecule has 13 heavy (non-hydrogen) atoms. The quantitative estimate of drug-likeness (QED) is 0.766. The van der Waals surface area contributed by atoms with Crippen LogP contribution < -0.4 is 5.73 Å². The van der Waals surface area contributed by atoms with Crippen molar-refractivity contribution in [1.29, 1.82) is 0 Å². The van der Waals surface area contributed by atoms with Gasteiger partial charge in [-0.2, -0.15) is 8.78 Å². The fourth-order valence-corrected chi connectivity index (χ4v) is 0.879. The van der Waals surface area contributed by atoms with Crippen molar-refractivity contribution >= 4 is 0 Å². The average Bonchev–Trinajstić information content (AvgIpc) is 2.04. The van der Waals surface area contributed by atoms with Crippen LogP contribution in [-0.4, -0.2) is 10.5 Å². The van der Waals surface area contributed by atoms with E-state index in [2.05, 4.69) is 4.98 Å². The smallest absolute Gasteiger partial charge is 0.306 e. The molecule has 0 radical (unpaired) electrons. The molecule has 72 valence electrons. The van der Waals surface area contributed by atoms with Gasteiger partial charge in [-0.05, 0) is 26.0 Å². The Morgan fingerprint density at radius 3 is 2.31 bits per heavy atom. The van der Waals surface area contributed by atoms with E-state index in [0.29, 0.717) is 0 Å². The predicted octanol–water partition coefficient (Wildman–Crippen LogP) is 1.91. The first-order valence-corrected chi connectivity index (χ1v) is 3.94. The van der Waals surface area contributed by atoms with Crippen LogP contribution in [-0.2, 0) is 5.92 Å². The van der Waals surface area contributed by atoms with Gasteiger partial charge in [0.05, 0.1) is 5.54 Å². The molecule has 2 N–H and O–H groups in total. The lowest BCUT2D eigenvalue weighted by Gasteiger charge is -2.29. The number of hydrogen-bond donors (Lipinski definition) is 1. The lowest BCUT2D eigenvalue weighted by atomic mass is 9.94. The molecule has 4 heteroatoms. The fourth-order valence-electron chi connectivity index (χ4n) is 0.879. The Labute approximate surface area is 75.8 Å². The number of hydrogen-bond acceptors (Lipinski definition) is 2. The first kappa shape index (κ1) is 10.1. The number of nitrogens with two attached hydrogens (primary N) is 1. The van der Waals surface area contributed by atoms with Gasteiger partial charge in [0.1, 0.15) is 5.69 Å². The molecule has 0 fully saturated rings. The van der Waals surface area contributed by atoms with Crippen LogP contribution in [0.1, 0.15) is 19.5 Å². The molecular weight excluding hydrogens is 174 g/mol. The van der Waals surface area contributed by atoms with Gasteiger partial charge in [-0.3, -0.25) is 4.98 Å². The maximum atomic E-state index is 13.5. The summed E-state index contributed by atoms with van der Waals surface area (Å²) in [6, 6.07) is 4.37. The van der Waals surface area contributed by atoms with Crippen LogP contribution in [0.15, 0.2) is 24.4 Å². The van der Waals surface area contributed by atoms with Gasteiger partial charge < -0.3 is 5.73 Å². The molecule has 0 aliphatic heterocycles. The molecule has 0 spiro atoms. The molecule has 0 unspecified atom stereocenters. The summed E-state index contributed by atoms with van der Waals surface area (Å²) < 4.78 is 27.0. The second-order valence-corrected chi connectivity index (χ2v) is 3.51. The molecule has 1 rings (SSSR count). The highest BCUT2D eigenvalue weighted by atomic mass is 19.3. The zero-order valence-corrected chi connectivity index (χ0v) is 7.59. The Hall–Kier alpha value is -1.03. The third-order valence-electron chi connectivity index (χ3n) is 1.80. The van der Waals surface area contributed by atoms with Crippen molar-refractivity contribution in [2.75, 3.05) is 0 Å². The Bertz CT molecular complexity index is 277. The summed E-state index contributed by atoms with van der Waals surface area (Å²) in [4.78, 5) is 3.59. The number of pyridine rings is 1. The monoisotopic (exact) mass is 186 g/mol. The van der Waals surface area contributed by atoms with Gasteiger partial charge in [0.15, 0.2) is 0 Å². The van der Waals surface area contributed by atoms with Crippen molar-refractivity contribution in [3.8, 4) is 0 Å². The van der Waals surface area contributed by atoms with E-state index in [9.17, 15) is 8.78 Å². The minimum Gasteiger partial charge on any atom is -0.320 e. The van der Waals surface area contributed by atoms with Gasteiger partial charge in [-0.25, -0.2) is 0 Å². The maximum absolute atomic E-state index is 13.5. The number of rotatable bonds is 2. The highest BCUT2D eigenvalue weighted by molar-refractivity contribution is 5.14. The summed E-state index contributed by atoms with van der Waals surface area (Å²) in [5.74, 6) is -3.10. The van der Waals surface area contributed by atoms with Crippen molar-refractivity contribution in [3.05, 3.63) is 30.1 Å². The van der Waals surface area contributed by atoms with Gasteiger partial charge in [0, 0.05) is 6.20 Å². The molecule has 1 aromatic heterocycles. The van der Waals surface area contributed by atoms with E-state index in [1.165, 1.54) is 32.2 Å². The molecule has 2 nitrogen and oxygen atoms in total. The summed E-state index contributed by atoms with van der Waals surface area (Å²) >= 11 is 0. The summed E-state index contributed by atoms with van der Waals surface area (Å²) in [6.45, 7) is 2.56. The molecule has 0 aliphatic rings. The minimum absolute atomic E-state index is 0.289. The van der Waals surface area contributed by atoms with E-state index in [-0.39, 0.29) is 5.69 Å². The first-order valence-electron chi connectivity index (χ1n) is 3.94. The van der Waals surface area contributed by atoms with E-state index in [4.69, 9.17) is 5.73 Å². The molecule has 1 heterocycles. The van der Waals surface area contributed by atoms with Crippen LogP contribution in [0.3, 0.4) is 0 Å². The van der Waals surface area contributed by atoms with Gasteiger partial charge in [-0.1, -0.05) is 6.07 Å². The second kappa shape index (κ2) is 3.03. The summed E-state index contributed by atoms with van der Waals surface area (Å²) in [6.07, 6.45) is 1.33.